The van der Waals surface area contributed by atoms with E-state index in [1.54, 1.807) is 0 Å². The average Bonchev–Trinajstić information content (AvgIpc) is 2.90. The summed E-state index contributed by atoms with van der Waals surface area (Å²) in [5, 5.41) is 3.79. The van der Waals surface area contributed by atoms with Gasteiger partial charge in [0, 0.05) is 6.04 Å². The van der Waals surface area contributed by atoms with E-state index in [4.69, 9.17) is 0 Å². The first-order valence-corrected chi connectivity index (χ1v) is 8.55. The van der Waals surface area contributed by atoms with Crippen LogP contribution in [0.3, 0.4) is 0 Å². The van der Waals surface area contributed by atoms with Gasteiger partial charge < -0.3 is 9.88 Å². The van der Waals surface area contributed by atoms with Crippen LogP contribution < -0.4 is 5.32 Å². The summed E-state index contributed by atoms with van der Waals surface area (Å²) in [5.41, 5.74) is 2.40. The van der Waals surface area contributed by atoms with Crippen molar-refractivity contribution in [1.29, 1.82) is 0 Å². The van der Waals surface area contributed by atoms with Gasteiger partial charge in [0.25, 0.3) is 0 Å². The van der Waals surface area contributed by atoms with Crippen molar-refractivity contribution in [2.24, 2.45) is 0 Å². The lowest BCUT2D eigenvalue weighted by Gasteiger charge is -2.31. The van der Waals surface area contributed by atoms with Crippen molar-refractivity contribution < 1.29 is 0 Å². The van der Waals surface area contributed by atoms with E-state index in [1.165, 1.54) is 50.5 Å². The molecule has 1 aliphatic rings. The number of hydrogen-bond donors (Lipinski definition) is 1. The SMILES string of the molecule is CCCNC1CCCCCCC1n1cnc2ccccc21. The van der Waals surface area contributed by atoms with Crippen LogP contribution in [-0.2, 0) is 0 Å². The molecule has 0 bridgehead atoms. The number of hydrogen-bond acceptors (Lipinski definition) is 2. The molecular weight excluding hydrogens is 258 g/mol. The van der Waals surface area contributed by atoms with Gasteiger partial charge in [-0.3, -0.25) is 0 Å². The zero-order valence-electron chi connectivity index (χ0n) is 13.1. The summed E-state index contributed by atoms with van der Waals surface area (Å²) in [5.74, 6) is 0. The Hall–Kier alpha value is -1.35. The number of benzene rings is 1. The van der Waals surface area contributed by atoms with Gasteiger partial charge in [-0.05, 0) is 37.9 Å². The molecule has 1 fully saturated rings. The van der Waals surface area contributed by atoms with Crippen LogP contribution >= 0.6 is 0 Å². The second-order valence-electron chi connectivity index (χ2n) is 6.26. The number of aromatic nitrogens is 2. The van der Waals surface area contributed by atoms with Gasteiger partial charge in [0.05, 0.1) is 23.4 Å². The third-order valence-corrected chi connectivity index (χ3v) is 4.72. The molecule has 1 heterocycles. The first kappa shape index (κ1) is 14.6. The van der Waals surface area contributed by atoms with Gasteiger partial charge >= 0.3 is 0 Å². The molecular formula is C18H27N3. The second-order valence-corrected chi connectivity index (χ2v) is 6.26. The van der Waals surface area contributed by atoms with Crippen LogP contribution in [-0.4, -0.2) is 22.1 Å². The Morgan fingerprint density at radius 2 is 1.95 bits per heavy atom. The topological polar surface area (TPSA) is 29.9 Å². The van der Waals surface area contributed by atoms with Crippen molar-refractivity contribution in [2.45, 2.75) is 64.0 Å². The summed E-state index contributed by atoms with van der Waals surface area (Å²) in [6.07, 6.45) is 11.3. The molecule has 1 saturated carbocycles. The fourth-order valence-corrected chi connectivity index (χ4v) is 3.61. The average molecular weight is 285 g/mol. The molecule has 0 radical (unpaired) electrons. The molecule has 2 atom stereocenters. The fraction of sp³-hybridized carbons (Fsp3) is 0.611. The molecule has 0 amide bonds. The Balaban J connectivity index is 1.89. The zero-order valence-corrected chi connectivity index (χ0v) is 13.1. The Labute approximate surface area is 127 Å². The standard InChI is InChI=1S/C18H27N3/c1-2-13-19-15-9-5-3-4-6-11-17(15)21-14-20-16-10-7-8-12-18(16)21/h7-8,10,12,14-15,17,19H,2-6,9,11,13H2,1H3. The molecule has 0 aliphatic heterocycles. The number of nitrogens with one attached hydrogen (secondary N) is 1. The summed E-state index contributed by atoms with van der Waals surface area (Å²) in [7, 11) is 0. The number of rotatable bonds is 4. The minimum Gasteiger partial charge on any atom is -0.326 e. The molecule has 1 aliphatic carbocycles. The largest absolute Gasteiger partial charge is 0.326 e. The van der Waals surface area contributed by atoms with Crippen LogP contribution in [0.2, 0.25) is 0 Å². The molecule has 0 saturated heterocycles. The van der Waals surface area contributed by atoms with Gasteiger partial charge in [-0.1, -0.05) is 44.7 Å². The van der Waals surface area contributed by atoms with Crippen molar-refractivity contribution in [2.75, 3.05) is 6.54 Å². The van der Waals surface area contributed by atoms with E-state index in [0.29, 0.717) is 12.1 Å². The second kappa shape index (κ2) is 7.08. The molecule has 3 heteroatoms. The van der Waals surface area contributed by atoms with Crippen LogP contribution in [0.1, 0.15) is 57.9 Å². The number of para-hydroxylation sites is 2. The van der Waals surface area contributed by atoms with Crippen LogP contribution in [0.25, 0.3) is 11.0 Å². The summed E-state index contributed by atoms with van der Waals surface area (Å²) in [4.78, 5) is 4.60. The number of fused-ring (bicyclic) bond motifs is 1. The first-order valence-electron chi connectivity index (χ1n) is 8.55. The first-order chi connectivity index (χ1) is 10.4. The van der Waals surface area contributed by atoms with Crippen molar-refractivity contribution in [3.05, 3.63) is 30.6 Å². The van der Waals surface area contributed by atoms with Gasteiger partial charge in [-0.25, -0.2) is 4.98 Å². The van der Waals surface area contributed by atoms with E-state index in [0.717, 1.165) is 12.1 Å². The monoisotopic (exact) mass is 285 g/mol. The molecule has 21 heavy (non-hydrogen) atoms. The van der Waals surface area contributed by atoms with E-state index < -0.39 is 0 Å². The molecule has 2 unspecified atom stereocenters. The lowest BCUT2D eigenvalue weighted by molar-refractivity contribution is 0.288. The molecule has 1 aromatic heterocycles. The van der Waals surface area contributed by atoms with Crippen molar-refractivity contribution in [3.8, 4) is 0 Å². The quantitative estimate of drug-likeness (QED) is 0.907. The zero-order chi connectivity index (χ0) is 14.5. The van der Waals surface area contributed by atoms with Crippen LogP contribution in [0.5, 0.6) is 0 Å². The Morgan fingerprint density at radius 3 is 2.81 bits per heavy atom. The summed E-state index contributed by atoms with van der Waals surface area (Å²) in [6, 6.07) is 9.65. The molecule has 1 N–H and O–H groups in total. The highest BCUT2D eigenvalue weighted by Crippen LogP contribution is 2.29. The molecule has 1 aromatic carbocycles. The molecule has 2 aromatic rings. The van der Waals surface area contributed by atoms with E-state index in [2.05, 4.69) is 52.4 Å². The smallest absolute Gasteiger partial charge is 0.0961 e. The maximum atomic E-state index is 4.60. The maximum Gasteiger partial charge on any atom is 0.0961 e. The highest BCUT2D eigenvalue weighted by Gasteiger charge is 2.24. The van der Waals surface area contributed by atoms with Gasteiger partial charge in [-0.2, -0.15) is 0 Å². The highest BCUT2D eigenvalue weighted by atomic mass is 15.1. The summed E-state index contributed by atoms with van der Waals surface area (Å²) < 4.78 is 2.42. The predicted molar refractivity (Wildman–Crippen MR) is 88.6 cm³/mol. The Morgan fingerprint density at radius 1 is 1.14 bits per heavy atom. The third kappa shape index (κ3) is 3.29. The van der Waals surface area contributed by atoms with E-state index in [1.807, 2.05) is 0 Å². The normalized spacial score (nSPS) is 23.9. The maximum absolute atomic E-state index is 4.60. The van der Waals surface area contributed by atoms with Crippen molar-refractivity contribution in [1.82, 2.24) is 14.9 Å². The van der Waals surface area contributed by atoms with Crippen LogP contribution in [0, 0.1) is 0 Å². The van der Waals surface area contributed by atoms with Gasteiger partial charge in [0.2, 0.25) is 0 Å². The van der Waals surface area contributed by atoms with Gasteiger partial charge in [0.1, 0.15) is 0 Å². The fourth-order valence-electron chi connectivity index (χ4n) is 3.61. The molecule has 114 valence electrons. The van der Waals surface area contributed by atoms with E-state index in [9.17, 15) is 0 Å². The lowest BCUT2D eigenvalue weighted by Crippen LogP contribution is -2.38. The van der Waals surface area contributed by atoms with Crippen LogP contribution in [0.4, 0.5) is 0 Å². The molecule has 3 nitrogen and oxygen atoms in total. The number of nitrogens with zero attached hydrogens (tertiary/aromatic N) is 2. The van der Waals surface area contributed by atoms with E-state index in [-0.39, 0.29) is 0 Å². The summed E-state index contributed by atoms with van der Waals surface area (Å²) in [6.45, 7) is 3.37. The summed E-state index contributed by atoms with van der Waals surface area (Å²) >= 11 is 0. The van der Waals surface area contributed by atoms with Crippen molar-refractivity contribution >= 4 is 11.0 Å². The Bertz CT molecular complexity index is 558. The third-order valence-electron chi connectivity index (χ3n) is 4.72. The Kier molecular flexibility index (Phi) is 4.91. The van der Waals surface area contributed by atoms with E-state index >= 15 is 0 Å². The van der Waals surface area contributed by atoms with Gasteiger partial charge in [-0.15, -0.1) is 0 Å². The molecule has 3 rings (SSSR count). The highest BCUT2D eigenvalue weighted by molar-refractivity contribution is 5.75. The predicted octanol–water partition coefficient (Wildman–Crippen LogP) is 4.30. The van der Waals surface area contributed by atoms with Crippen LogP contribution in [0.15, 0.2) is 30.6 Å². The number of imidazole rings is 1. The molecule has 0 spiro atoms. The van der Waals surface area contributed by atoms with Gasteiger partial charge in [0.15, 0.2) is 0 Å². The van der Waals surface area contributed by atoms with Crippen molar-refractivity contribution in [3.63, 3.8) is 0 Å². The minimum atomic E-state index is 0.546. The minimum absolute atomic E-state index is 0.546. The lowest BCUT2D eigenvalue weighted by atomic mass is 9.91.